The van der Waals surface area contributed by atoms with Crippen molar-refractivity contribution in [3.63, 3.8) is 0 Å². The van der Waals surface area contributed by atoms with E-state index in [4.69, 9.17) is 0 Å². The van der Waals surface area contributed by atoms with Gasteiger partial charge in [0, 0.05) is 6.92 Å². The molecule has 1 aromatic heterocycles. The Morgan fingerprint density at radius 2 is 2.00 bits per heavy atom. The van der Waals surface area contributed by atoms with E-state index in [0.29, 0.717) is 6.92 Å². The second-order valence-corrected chi connectivity index (χ2v) is 3.43. The molecule has 0 amide bonds. The average Bonchev–Trinajstić information content (AvgIpc) is 2.01. The van der Waals surface area contributed by atoms with E-state index < -0.39 is 23.7 Å². The number of hydrogen-bond donors (Lipinski definition) is 0. The molecule has 0 aliphatic rings. The SMILES string of the molecule is CC(F)(F)c1ncc(Br)nc1C(F)F. The molecule has 0 aliphatic heterocycles. The van der Waals surface area contributed by atoms with Gasteiger partial charge in [0.05, 0.1) is 6.20 Å². The van der Waals surface area contributed by atoms with Gasteiger partial charge in [-0.05, 0) is 15.9 Å². The van der Waals surface area contributed by atoms with E-state index >= 15 is 0 Å². The summed E-state index contributed by atoms with van der Waals surface area (Å²) in [5.74, 6) is -3.42. The second-order valence-electron chi connectivity index (χ2n) is 2.62. The Kier molecular flexibility index (Phi) is 3.08. The fourth-order valence-corrected chi connectivity index (χ4v) is 1.16. The smallest absolute Gasteiger partial charge is 0.250 e. The Balaban J connectivity index is 3.29. The zero-order valence-electron chi connectivity index (χ0n) is 6.94. The minimum absolute atomic E-state index is 0.000741. The first-order valence-corrected chi connectivity index (χ1v) is 4.30. The molecule has 2 nitrogen and oxygen atoms in total. The van der Waals surface area contributed by atoms with E-state index in [2.05, 4.69) is 25.9 Å². The van der Waals surface area contributed by atoms with Crippen LogP contribution in [0.1, 0.15) is 24.7 Å². The Morgan fingerprint density at radius 1 is 1.43 bits per heavy atom. The molecule has 0 unspecified atom stereocenters. The maximum absolute atomic E-state index is 12.8. The van der Waals surface area contributed by atoms with Crippen LogP contribution in [0.3, 0.4) is 0 Å². The van der Waals surface area contributed by atoms with Gasteiger partial charge in [-0.3, -0.25) is 0 Å². The monoisotopic (exact) mass is 272 g/mol. The van der Waals surface area contributed by atoms with Crippen LogP contribution in [-0.2, 0) is 5.92 Å². The highest BCUT2D eigenvalue weighted by Crippen LogP contribution is 2.32. The van der Waals surface area contributed by atoms with Crippen molar-refractivity contribution in [2.75, 3.05) is 0 Å². The van der Waals surface area contributed by atoms with Crippen LogP contribution in [0.2, 0.25) is 0 Å². The molecule has 0 aliphatic carbocycles. The van der Waals surface area contributed by atoms with Gasteiger partial charge in [0.1, 0.15) is 16.0 Å². The van der Waals surface area contributed by atoms with Crippen molar-refractivity contribution < 1.29 is 17.6 Å². The summed E-state index contributed by atoms with van der Waals surface area (Å²) in [6.45, 7) is 0.497. The molecule has 0 N–H and O–H groups in total. The first-order chi connectivity index (χ1) is 6.32. The van der Waals surface area contributed by atoms with Gasteiger partial charge in [0.25, 0.3) is 12.3 Å². The number of alkyl halides is 4. The van der Waals surface area contributed by atoms with E-state index in [0.717, 1.165) is 6.20 Å². The second kappa shape index (κ2) is 3.80. The third kappa shape index (κ3) is 2.40. The van der Waals surface area contributed by atoms with Crippen molar-refractivity contribution in [2.24, 2.45) is 0 Å². The van der Waals surface area contributed by atoms with Crippen LogP contribution in [-0.4, -0.2) is 9.97 Å². The fourth-order valence-electron chi connectivity index (χ4n) is 0.871. The lowest BCUT2D eigenvalue weighted by molar-refractivity contribution is 0.00634. The number of nitrogens with zero attached hydrogens (tertiary/aromatic N) is 2. The van der Waals surface area contributed by atoms with Crippen molar-refractivity contribution >= 4 is 15.9 Å². The normalized spacial score (nSPS) is 12.2. The van der Waals surface area contributed by atoms with Gasteiger partial charge in [-0.2, -0.15) is 8.78 Å². The molecule has 78 valence electrons. The molecule has 0 spiro atoms. The van der Waals surface area contributed by atoms with E-state index in [1.807, 2.05) is 0 Å². The van der Waals surface area contributed by atoms with E-state index in [1.165, 1.54) is 0 Å². The first kappa shape index (κ1) is 11.4. The zero-order chi connectivity index (χ0) is 10.9. The average molecular weight is 273 g/mol. The molecule has 0 atom stereocenters. The predicted octanol–water partition coefficient (Wildman–Crippen LogP) is 3.29. The summed E-state index contributed by atoms with van der Waals surface area (Å²) < 4.78 is 50.1. The summed E-state index contributed by atoms with van der Waals surface area (Å²) in [4.78, 5) is 6.49. The van der Waals surface area contributed by atoms with Crippen LogP contribution in [0.25, 0.3) is 0 Å². The van der Waals surface area contributed by atoms with Crippen LogP contribution in [0.4, 0.5) is 17.6 Å². The number of halogens is 5. The van der Waals surface area contributed by atoms with Crippen LogP contribution in [0.15, 0.2) is 10.8 Å². The van der Waals surface area contributed by atoms with E-state index in [9.17, 15) is 17.6 Å². The molecule has 1 heterocycles. The van der Waals surface area contributed by atoms with Gasteiger partial charge in [0.2, 0.25) is 0 Å². The quantitative estimate of drug-likeness (QED) is 0.773. The summed E-state index contributed by atoms with van der Waals surface area (Å²) in [6, 6.07) is 0. The summed E-state index contributed by atoms with van der Waals surface area (Å²) >= 11 is 2.78. The molecular weight excluding hydrogens is 268 g/mol. The topological polar surface area (TPSA) is 25.8 Å². The summed E-state index contributed by atoms with van der Waals surface area (Å²) in [5.41, 5.74) is -1.98. The van der Waals surface area contributed by atoms with Crippen molar-refractivity contribution in [3.8, 4) is 0 Å². The molecule has 0 aromatic carbocycles. The summed E-state index contributed by atoms with van der Waals surface area (Å²) in [7, 11) is 0. The van der Waals surface area contributed by atoms with Crippen LogP contribution in [0, 0.1) is 0 Å². The highest BCUT2D eigenvalue weighted by molar-refractivity contribution is 9.10. The molecule has 0 saturated heterocycles. The van der Waals surface area contributed by atoms with Gasteiger partial charge < -0.3 is 0 Å². The summed E-state index contributed by atoms with van der Waals surface area (Å²) in [5, 5.41) is 0. The van der Waals surface area contributed by atoms with E-state index in [-0.39, 0.29) is 4.60 Å². The third-order valence-electron chi connectivity index (χ3n) is 1.39. The van der Waals surface area contributed by atoms with E-state index in [1.54, 1.807) is 0 Å². The molecule has 14 heavy (non-hydrogen) atoms. The Hall–Kier alpha value is -0.720. The van der Waals surface area contributed by atoms with Crippen LogP contribution in [0.5, 0.6) is 0 Å². The van der Waals surface area contributed by atoms with Crippen molar-refractivity contribution in [2.45, 2.75) is 19.3 Å². The molecule has 7 heteroatoms. The number of aromatic nitrogens is 2. The molecule has 1 aromatic rings. The van der Waals surface area contributed by atoms with Gasteiger partial charge in [0.15, 0.2) is 0 Å². The van der Waals surface area contributed by atoms with Gasteiger partial charge in [-0.1, -0.05) is 0 Å². The number of hydrogen-bond acceptors (Lipinski definition) is 2. The fraction of sp³-hybridized carbons (Fsp3) is 0.429. The minimum atomic E-state index is -3.42. The Morgan fingerprint density at radius 3 is 2.43 bits per heavy atom. The minimum Gasteiger partial charge on any atom is -0.250 e. The molecule has 1 rings (SSSR count). The lowest BCUT2D eigenvalue weighted by atomic mass is 10.2. The van der Waals surface area contributed by atoms with Crippen molar-refractivity contribution in [1.82, 2.24) is 9.97 Å². The molecule has 0 radical (unpaired) electrons. The maximum Gasteiger partial charge on any atom is 0.288 e. The summed E-state index contributed by atoms with van der Waals surface area (Å²) in [6.07, 6.45) is -2.11. The van der Waals surface area contributed by atoms with Crippen molar-refractivity contribution in [1.29, 1.82) is 0 Å². The molecule has 0 fully saturated rings. The zero-order valence-corrected chi connectivity index (χ0v) is 8.52. The highest BCUT2D eigenvalue weighted by atomic mass is 79.9. The van der Waals surface area contributed by atoms with Gasteiger partial charge >= 0.3 is 0 Å². The Labute approximate surface area is 85.5 Å². The largest absolute Gasteiger partial charge is 0.288 e. The molecular formula is C7H5BrF4N2. The highest BCUT2D eigenvalue weighted by Gasteiger charge is 2.33. The maximum atomic E-state index is 12.8. The molecule has 0 saturated carbocycles. The lowest BCUT2D eigenvalue weighted by Crippen LogP contribution is -2.15. The van der Waals surface area contributed by atoms with Crippen molar-refractivity contribution in [3.05, 3.63) is 22.2 Å². The van der Waals surface area contributed by atoms with Crippen LogP contribution < -0.4 is 0 Å². The van der Waals surface area contributed by atoms with Gasteiger partial charge in [-0.15, -0.1) is 0 Å². The lowest BCUT2D eigenvalue weighted by Gasteiger charge is -2.12. The van der Waals surface area contributed by atoms with Gasteiger partial charge in [-0.25, -0.2) is 18.7 Å². The number of rotatable bonds is 2. The Bertz CT molecular complexity index is 337. The predicted molar refractivity (Wildman–Crippen MR) is 44.3 cm³/mol. The standard InChI is InChI=1S/C7H5BrF4N2/c1-7(11,12)5-4(6(9)10)14-3(8)2-13-5/h2,6H,1H3. The molecule has 0 bridgehead atoms. The van der Waals surface area contributed by atoms with Crippen LogP contribution >= 0.6 is 15.9 Å². The third-order valence-corrected chi connectivity index (χ3v) is 1.77. The first-order valence-electron chi connectivity index (χ1n) is 3.51.